The van der Waals surface area contributed by atoms with Crippen LogP contribution in [0.2, 0.25) is 0 Å². The predicted octanol–water partition coefficient (Wildman–Crippen LogP) is 9.71. The van der Waals surface area contributed by atoms with E-state index >= 15 is 0 Å². The molecule has 0 amide bonds. The maximum Gasteiger partial charge on any atom is 0.159 e. The molecule has 0 N–H and O–H groups in total. The van der Waals surface area contributed by atoms with Crippen LogP contribution in [0.5, 0.6) is 0 Å². The number of Topliss-reactive ketones (excluding diaryl/α,β-unsaturated/α-hetero) is 1. The normalized spacial score (nSPS) is 20.6. The molecular formula is C38H42O. The van der Waals surface area contributed by atoms with E-state index in [0.29, 0.717) is 5.92 Å². The second kappa shape index (κ2) is 10.6. The van der Waals surface area contributed by atoms with Crippen molar-refractivity contribution in [2.45, 2.75) is 73.1 Å². The van der Waals surface area contributed by atoms with Crippen LogP contribution in [-0.4, -0.2) is 5.78 Å². The van der Waals surface area contributed by atoms with E-state index in [9.17, 15) is 4.79 Å². The van der Waals surface area contributed by atoms with Gasteiger partial charge in [-0.3, -0.25) is 4.79 Å². The first-order valence-corrected chi connectivity index (χ1v) is 14.5. The van der Waals surface area contributed by atoms with Crippen LogP contribution >= 0.6 is 0 Å². The van der Waals surface area contributed by atoms with E-state index in [-0.39, 0.29) is 11.2 Å². The lowest BCUT2D eigenvalue weighted by Gasteiger charge is -2.39. The van der Waals surface area contributed by atoms with Crippen molar-refractivity contribution in [2.24, 2.45) is 11.3 Å². The van der Waals surface area contributed by atoms with Gasteiger partial charge in [0.15, 0.2) is 5.78 Å². The third-order valence-corrected chi connectivity index (χ3v) is 8.60. The van der Waals surface area contributed by atoms with Crippen LogP contribution in [0.4, 0.5) is 0 Å². The summed E-state index contributed by atoms with van der Waals surface area (Å²) in [6.07, 6.45) is 11.9. The highest BCUT2D eigenvalue weighted by atomic mass is 16.1. The van der Waals surface area contributed by atoms with Gasteiger partial charge in [0, 0.05) is 5.56 Å². The molecule has 1 heteroatoms. The molecule has 1 nitrogen and oxygen atoms in total. The van der Waals surface area contributed by atoms with Crippen molar-refractivity contribution in [3.05, 3.63) is 129 Å². The molecule has 2 unspecified atom stereocenters. The summed E-state index contributed by atoms with van der Waals surface area (Å²) in [4.78, 5) is 10.8. The molecule has 6 rings (SSSR count). The van der Waals surface area contributed by atoms with Crippen LogP contribution in [-0.2, 0) is 19.3 Å². The van der Waals surface area contributed by atoms with Crippen LogP contribution in [0, 0.1) is 18.3 Å². The Labute approximate surface area is 235 Å². The van der Waals surface area contributed by atoms with E-state index in [1.54, 1.807) is 29.2 Å². The fraction of sp³-hybridized carbons (Fsp3) is 0.342. The van der Waals surface area contributed by atoms with Gasteiger partial charge in [-0.2, -0.15) is 0 Å². The van der Waals surface area contributed by atoms with Gasteiger partial charge < -0.3 is 0 Å². The Morgan fingerprint density at radius 1 is 0.949 bits per heavy atom. The monoisotopic (exact) mass is 514 g/mol. The van der Waals surface area contributed by atoms with Crippen LogP contribution in [0.25, 0.3) is 11.6 Å². The van der Waals surface area contributed by atoms with Gasteiger partial charge in [0.25, 0.3) is 0 Å². The third-order valence-electron chi connectivity index (χ3n) is 8.60. The standard InChI is InChI=1S/C29H32.C9H10O/c1-18-13-20(3)27-24(15-18)22-11-12-29(4,5)17-26(22)28-23(14-19(2)16-25(27)28)21-9-7-6-8-10-21;1-7-3-5-9(6-4-7)8(2)10/h6-12,14,18,20H,2,13,15-17H2,1,3-5H3;3-6H,1-2H3. The highest BCUT2D eigenvalue weighted by Crippen LogP contribution is 2.50. The molecule has 2 atom stereocenters. The smallest absolute Gasteiger partial charge is 0.159 e. The van der Waals surface area contributed by atoms with Gasteiger partial charge in [-0.15, -0.1) is 0 Å². The molecule has 0 heterocycles. The molecule has 0 aliphatic heterocycles. The van der Waals surface area contributed by atoms with Crippen molar-refractivity contribution in [3.63, 3.8) is 0 Å². The molecule has 3 aromatic carbocycles. The first-order valence-electron chi connectivity index (χ1n) is 14.5. The van der Waals surface area contributed by atoms with Crippen LogP contribution < -0.4 is 0 Å². The van der Waals surface area contributed by atoms with E-state index in [2.05, 4.69) is 82.8 Å². The molecule has 0 aromatic heterocycles. The number of carbonyl (C=O) groups excluding carboxylic acids is 1. The number of carbonyl (C=O) groups is 1. The first kappa shape index (κ1) is 27.1. The second-order valence-electron chi connectivity index (χ2n) is 12.8. The first-order chi connectivity index (χ1) is 18.5. The molecule has 0 radical (unpaired) electrons. The predicted molar refractivity (Wildman–Crippen MR) is 166 cm³/mol. The molecule has 200 valence electrons. The number of allylic oxidation sites excluding steroid dienone is 3. The van der Waals surface area contributed by atoms with Gasteiger partial charge in [-0.1, -0.05) is 118 Å². The van der Waals surface area contributed by atoms with Crippen molar-refractivity contribution in [1.82, 2.24) is 0 Å². The third kappa shape index (κ3) is 5.50. The van der Waals surface area contributed by atoms with Crippen molar-refractivity contribution >= 4 is 17.4 Å². The summed E-state index contributed by atoms with van der Waals surface area (Å²) in [5, 5.41) is 0. The van der Waals surface area contributed by atoms with Gasteiger partial charge in [-0.25, -0.2) is 0 Å². The maximum absolute atomic E-state index is 10.8. The molecule has 0 fully saturated rings. The summed E-state index contributed by atoms with van der Waals surface area (Å²) in [5.41, 5.74) is 15.6. The molecule has 3 aromatic rings. The Morgan fingerprint density at radius 2 is 1.64 bits per heavy atom. The minimum Gasteiger partial charge on any atom is -0.295 e. The fourth-order valence-corrected chi connectivity index (χ4v) is 6.83. The van der Waals surface area contributed by atoms with Crippen LogP contribution in [0.3, 0.4) is 0 Å². The lowest BCUT2D eigenvalue weighted by molar-refractivity contribution is 0.101. The zero-order valence-corrected chi connectivity index (χ0v) is 24.5. The van der Waals surface area contributed by atoms with E-state index < -0.39 is 0 Å². The zero-order chi connectivity index (χ0) is 27.9. The largest absolute Gasteiger partial charge is 0.295 e. The van der Waals surface area contributed by atoms with Gasteiger partial charge in [0.2, 0.25) is 0 Å². The quantitative estimate of drug-likeness (QED) is 0.311. The lowest BCUT2D eigenvalue weighted by atomic mass is 9.65. The van der Waals surface area contributed by atoms with Gasteiger partial charge in [-0.05, 0) is 101 Å². The number of benzene rings is 3. The second-order valence-corrected chi connectivity index (χ2v) is 12.8. The maximum atomic E-state index is 10.8. The molecule has 3 aliphatic carbocycles. The summed E-state index contributed by atoms with van der Waals surface area (Å²) in [7, 11) is 0. The van der Waals surface area contributed by atoms with E-state index in [0.717, 1.165) is 24.3 Å². The van der Waals surface area contributed by atoms with Crippen molar-refractivity contribution in [2.75, 3.05) is 0 Å². The topological polar surface area (TPSA) is 17.1 Å². The number of hydrogen-bond donors (Lipinski definition) is 0. The van der Waals surface area contributed by atoms with Gasteiger partial charge in [0.05, 0.1) is 0 Å². The Kier molecular flexibility index (Phi) is 7.38. The highest BCUT2D eigenvalue weighted by molar-refractivity contribution is 5.94. The SMILES string of the molecule is C=C1C=C(c2ccccc2)c2c3c(c4c(c2C1)C(C)CC(C)C4)C=CC(C)(C)C3.CC(=O)c1ccc(C)cc1. The molecule has 0 bridgehead atoms. The zero-order valence-electron chi connectivity index (χ0n) is 24.5. The molecule has 0 spiro atoms. The van der Waals surface area contributed by atoms with Gasteiger partial charge in [0.1, 0.15) is 0 Å². The average molecular weight is 515 g/mol. The Morgan fingerprint density at radius 3 is 2.31 bits per heavy atom. The number of hydrogen-bond acceptors (Lipinski definition) is 1. The summed E-state index contributed by atoms with van der Waals surface area (Å²) in [6, 6.07) is 18.5. The lowest BCUT2D eigenvalue weighted by Crippen LogP contribution is -2.26. The minimum atomic E-state index is 0.125. The summed E-state index contributed by atoms with van der Waals surface area (Å²) in [5.74, 6) is 1.51. The minimum absolute atomic E-state index is 0.125. The van der Waals surface area contributed by atoms with Crippen LogP contribution in [0.1, 0.15) is 102 Å². The summed E-state index contributed by atoms with van der Waals surface area (Å²) in [6.45, 7) is 17.6. The Bertz CT molecular complexity index is 1480. The number of ketones is 1. The molecule has 0 saturated carbocycles. The average Bonchev–Trinajstić information content (AvgIpc) is 2.88. The number of fused-ring (bicyclic) bond motifs is 6. The number of rotatable bonds is 2. The van der Waals surface area contributed by atoms with E-state index in [1.807, 2.05) is 31.2 Å². The van der Waals surface area contributed by atoms with Gasteiger partial charge >= 0.3 is 0 Å². The van der Waals surface area contributed by atoms with Crippen LogP contribution in [0.15, 0.2) is 78.9 Å². The van der Waals surface area contributed by atoms with E-state index in [1.165, 1.54) is 46.2 Å². The molecule has 39 heavy (non-hydrogen) atoms. The fourth-order valence-electron chi connectivity index (χ4n) is 6.83. The van der Waals surface area contributed by atoms with E-state index in [4.69, 9.17) is 0 Å². The summed E-state index contributed by atoms with van der Waals surface area (Å²) >= 11 is 0. The molecular weight excluding hydrogens is 472 g/mol. The van der Waals surface area contributed by atoms with Crippen molar-refractivity contribution in [1.29, 1.82) is 0 Å². The Balaban J connectivity index is 0.000000261. The Hall–Kier alpha value is -3.45. The number of aryl methyl sites for hydroxylation is 1. The molecule has 3 aliphatic rings. The molecule has 0 saturated heterocycles. The summed E-state index contributed by atoms with van der Waals surface area (Å²) < 4.78 is 0. The highest BCUT2D eigenvalue weighted by Gasteiger charge is 2.35. The van der Waals surface area contributed by atoms with Crippen molar-refractivity contribution in [3.8, 4) is 0 Å². The van der Waals surface area contributed by atoms with Crippen molar-refractivity contribution < 1.29 is 4.79 Å².